The van der Waals surface area contributed by atoms with Crippen molar-refractivity contribution in [3.8, 4) is 0 Å². The van der Waals surface area contributed by atoms with Crippen molar-refractivity contribution in [2.45, 2.75) is 13.8 Å². The molecule has 0 unspecified atom stereocenters. The molecule has 0 atom stereocenters. The lowest BCUT2D eigenvalue weighted by Gasteiger charge is -2.08. The first-order valence-electron chi connectivity index (χ1n) is 4.73. The average Bonchev–Trinajstić information content (AvgIpc) is 2.20. The third-order valence-corrected chi connectivity index (χ3v) is 2.19. The Morgan fingerprint density at radius 3 is 2.62 bits per heavy atom. The summed E-state index contributed by atoms with van der Waals surface area (Å²) in [5.41, 5.74) is 0.648. The smallest absolute Gasteiger partial charge is 0.336 e. The number of carboxylic acids is 1. The summed E-state index contributed by atoms with van der Waals surface area (Å²) in [5, 5.41) is 22.5. The van der Waals surface area contributed by atoms with Crippen molar-refractivity contribution in [1.82, 2.24) is 0 Å². The summed E-state index contributed by atoms with van der Waals surface area (Å²) in [6.45, 7) is 3.99. The minimum atomic E-state index is -1.18. The van der Waals surface area contributed by atoms with E-state index in [4.69, 9.17) is 5.11 Å². The number of nitro benzene ring substituents is 1. The second kappa shape index (κ2) is 4.61. The molecule has 2 N–H and O–H groups in total. The molecule has 0 aliphatic heterocycles. The van der Waals surface area contributed by atoms with Crippen LogP contribution in [0.3, 0.4) is 0 Å². The molecule has 0 spiro atoms. The van der Waals surface area contributed by atoms with Gasteiger partial charge in [0.1, 0.15) is 0 Å². The van der Waals surface area contributed by atoms with Crippen LogP contribution in [-0.2, 0) is 0 Å². The van der Waals surface area contributed by atoms with E-state index in [0.717, 1.165) is 6.07 Å². The lowest BCUT2D eigenvalue weighted by molar-refractivity contribution is -0.385. The standard InChI is InChI=1S/C10H12N2O4/c1-3-11-8-4-7(10(13)14)5-9(6(8)2)12(15)16/h4-5,11H,3H2,1-2H3,(H,13,14). The first-order chi connectivity index (χ1) is 7.47. The monoisotopic (exact) mass is 224 g/mol. The van der Waals surface area contributed by atoms with Crippen LogP contribution in [0, 0.1) is 17.0 Å². The molecule has 0 fully saturated rings. The molecule has 86 valence electrons. The summed E-state index contributed by atoms with van der Waals surface area (Å²) < 4.78 is 0. The molecule has 0 aromatic heterocycles. The lowest BCUT2D eigenvalue weighted by atomic mass is 10.1. The van der Waals surface area contributed by atoms with Crippen LogP contribution in [0.25, 0.3) is 0 Å². The number of anilines is 1. The van der Waals surface area contributed by atoms with Crippen LogP contribution in [0.5, 0.6) is 0 Å². The predicted octanol–water partition coefficient (Wildman–Crippen LogP) is 2.03. The largest absolute Gasteiger partial charge is 0.478 e. The highest BCUT2D eigenvalue weighted by Crippen LogP contribution is 2.27. The SMILES string of the molecule is CCNc1cc(C(=O)O)cc([N+](=O)[O-])c1C. The van der Waals surface area contributed by atoms with E-state index in [0.29, 0.717) is 17.8 Å². The molecule has 0 saturated heterocycles. The molecule has 0 aliphatic rings. The second-order valence-electron chi connectivity index (χ2n) is 3.26. The molecule has 6 nitrogen and oxygen atoms in total. The molecule has 16 heavy (non-hydrogen) atoms. The molecule has 1 rings (SSSR count). The van der Waals surface area contributed by atoms with Crippen LogP contribution in [0.1, 0.15) is 22.8 Å². The highest BCUT2D eigenvalue weighted by Gasteiger charge is 2.18. The van der Waals surface area contributed by atoms with E-state index in [1.807, 2.05) is 6.92 Å². The van der Waals surface area contributed by atoms with Crippen LogP contribution in [-0.4, -0.2) is 22.5 Å². The summed E-state index contributed by atoms with van der Waals surface area (Å²) >= 11 is 0. The number of carbonyl (C=O) groups is 1. The maximum atomic E-state index is 10.8. The fourth-order valence-corrected chi connectivity index (χ4v) is 1.39. The third kappa shape index (κ3) is 2.28. The average molecular weight is 224 g/mol. The highest BCUT2D eigenvalue weighted by molar-refractivity contribution is 5.90. The number of rotatable bonds is 4. The number of aromatic carboxylic acids is 1. The molecular weight excluding hydrogens is 212 g/mol. The normalized spacial score (nSPS) is 9.88. The van der Waals surface area contributed by atoms with Crippen LogP contribution in [0.15, 0.2) is 12.1 Å². The number of benzene rings is 1. The van der Waals surface area contributed by atoms with Gasteiger partial charge in [0.15, 0.2) is 0 Å². The van der Waals surface area contributed by atoms with Gasteiger partial charge in [0.05, 0.1) is 10.5 Å². The Labute approximate surface area is 92.0 Å². The molecule has 6 heteroatoms. The minimum Gasteiger partial charge on any atom is -0.478 e. The number of nitro groups is 1. The Hall–Kier alpha value is -2.11. The first kappa shape index (κ1) is 12.0. The van der Waals surface area contributed by atoms with Gasteiger partial charge >= 0.3 is 5.97 Å². The van der Waals surface area contributed by atoms with Gasteiger partial charge in [-0.2, -0.15) is 0 Å². The van der Waals surface area contributed by atoms with Gasteiger partial charge in [0, 0.05) is 23.9 Å². The summed E-state index contributed by atoms with van der Waals surface area (Å²) in [4.78, 5) is 21.0. The Kier molecular flexibility index (Phi) is 3.44. The van der Waals surface area contributed by atoms with Gasteiger partial charge in [0.25, 0.3) is 5.69 Å². The van der Waals surface area contributed by atoms with E-state index in [1.54, 1.807) is 6.92 Å². The van der Waals surface area contributed by atoms with Gasteiger partial charge < -0.3 is 10.4 Å². The Balaban J connectivity index is 3.38. The van der Waals surface area contributed by atoms with E-state index < -0.39 is 10.9 Å². The second-order valence-corrected chi connectivity index (χ2v) is 3.26. The Morgan fingerprint density at radius 2 is 2.19 bits per heavy atom. The van der Waals surface area contributed by atoms with E-state index in [1.165, 1.54) is 6.07 Å². The molecular formula is C10H12N2O4. The maximum Gasteiger partial charge on any atom is 0.336 e. The molecule has 0 saturated carbocycles. The third-order valence-electron chi connectivity index (χ3n) is 2.19. The van der Waals surface area contributed by atoms with Crippen molar-refractivity contribution in [3.05, 3.63) is 33.4 Å². The molecule has 0 heterocycles. The summed E-state index contributed by atoms with van der Waals surface area (Å²) in [6.07, 6.45) is 0. The molecule has 1 aromatic carbocycles. The quantitative estimate of drug-likeness (QED) is 0.603. The van der Waals surface area contributed by atoms with Crippen molar-refractivity contribution >= 4 is 17.3 Å². The zero-order valence-corrected chi connectivity index (χ0v) is 8.98. The fraction of sp³-hybridized carbons (Fsp3) is 0.300. The summed E-state index contributed by atoms with van der Waals surface area (Å²) in [5.74, 6) is -1.18. The number of hydrogen-bond acceptors (Lipinski definition) is 4. The first-order valence-corrected chi connectivity index (χ1v) is 4.73. The van der Waals surface area contributed by atoms with Gasteiger partial charge in [0.2, 0.25) is 0 Å². The predicted molar refractivity (Wildman–Crippen MR) is 59.0 cm³/mol. The van der Waals surface area contributed by atoms with E-state index in [2.05, 4.69) is 5.32 Å². The van der Waals surface area contributed by atoms with Crippen molar-refractivity contribution in [2.24, 2.45) is 0 Å². The maximum absolute atomic E-state index is 10.8. The molecule has 0 radical (unpaired) electrons. The minimum absolute atomic E-state index is 0.0896. The van der Waals surface area contributed by atoms with E-state index in [9.17, 15) is 14.9 Å². The Morgan fingerprint density at radius 1 is 1.56 bits per heavy atom. The summed E-state index contributed by atoms with van der Waals surface area (Å²) in [6, 6.07) is 2.46. The van der Waals surface area contributed by atoms with Crippen molar-refractivity contribution in [3.63, 3.8) is 0 Å². The van der Waals surface area contributed by atoms with Gasteiger partial charge in [-0.25, -0.2) is 4.79 Å². The van der Waals surface area contributed by atoms with Crippen molar-refractivity contribution in [1.29, 1.82) is 0 Å². The van der Waals surface area contributed by atoms with E-state index >= 15 is 0 Å². The topological polar surface area (TPSA) is 92.5 Å². The number of hydrogen-bond donors (Lipinski definition) is 2. The van der Waals surface area contributed by atoms with Crippen LogP contribution in [0.2, 0.25) is 0 Å². The van der Waals surface area contributed by atoms with Crippen molar-refractivity contribution < 1.29 is 14.8 Å². The number of carboxylic acid groups (broad SMARTS) is 1. The van der Waals surface area contributed by atoms with Gasteiger partial charge in [-0.3, -0.25) is 10.1 Å². The van der Waals surface area contributed by atoms with Gasteiger partial charge in [-0.1, -0.05) is 0 Å². The summed E-state index contributed by atoms with van der Waals surface area (Å²) in [7, 11) is 0. The molecule has 1 aromatic rings. The number of nitrogens with zero attached hydrogens (tertiary/aromatic N) is 1. The van der Waals surface area contributed by atoms with Gasteiger partial charge in [-0.15, -0.1) is 0 Å². The van der Waals surface area contributed by atoms with E-state index in [-0.39, 0.29) is 11.3 Å². The zero-order valence-electron chi connectivity index (χ0n) is 8.98. The fourth-order valence-electron chi connectivity index (χ4n) is 1.39. The van der Waals surface area contributed by atoms with Crippen LogP contribution in [0.4, 0.5) is 11.4 Å². The number of nitrogens with one attached hydrogen (secondary N) is 1. The van der Waals surface area contributed by atoms with Crippen molar-refractivity contribution in [2.75, 3.05) is 11.9 Å². The zero-order chi connectivity index (χ0) is 12.3. The highest BCUT2D eigenvalue weighted by atomic mass is 16.6. The Bertz CT molecular complexity index is 443. The van der Waals surface area contributed by atoms with Crippen LogP contribution < -0.4 is 5.32 Å². The molecule has 0 bridgehead atoms. The molecule has 0 aliphatic carbocycles. The van der Waals surface area contributed by atoms with Crippen LogP contribution >= 0.6 is 0 Å². The lowest BCUT2D eigenvalue weighted by Crippen LogP contribution is -2.05. The van der Waals surface area contributed by atoms with Gasteiger partial charge in [-0.05, 0) is 19.9 Å². The molecule has 0 amide bonds.